The first-order valence-corrected chi connectivity index (χ1v) is 21.3. The third-order valence-corrected chi connectivity index (χ3v) is 12.2. The maximum absolute atomic E-state index is 13.6. The van der Waals surface area contributed by atoms with Crippen molar-refractivity contribution in [2.75, 3.05) is 68.1 Å². The first kappa shape index (κ1) is 34.1. The Morgan fingerprint density at radius 3 is 2.45 bits per heavy atom. The molecule has 11 nitrogen and oxygen atoms in total. The Bertz CT molecular complexity index is 2100. The smallest absolute Gasteiger partial charge is 0.229 e. The summed E-state index contributed by atoms with van der Waals surface area (Å²) in [7, 11) is -0.713. The van der Waals surface area contributed by atoms with Crippen LogP contribution in [0, 0.1) is 0 Å². The van der Waals surface area contributed by atoms with Crippen molar-refractivity contribution in [1.29, 1.82) is 0 Å². The minimum Gasteiger partial charge on any atom is -0.488 e. The maximum atomic E-state index is 13.6. The topological polar surface area (TPSA) is 112 Å². The number of aromatic nitrogens is 4. The van der Waals surface area contributed by atoms with Crippen molar-refractivity contribution in [2.24, 2.45) is 7.05 Å². The van der Waals surface area contributed by atoms with E-state index in [1.165, 1.54) is 0 Å². The Balaban J connectivity index is 1.12. The molecule has 3 N–H and O–H groups in total. The summed E-state index contributed by atoms with van der Waals surface area (Å²) in [5.41, 5.74) is 4.85. The van der Waals surface area contributed by atoms with E-state index in [-0.39, 0.29) is 6.10 Å². The highest BCUT2D eigenvalue weighted by atomic mass is 79.9. The van der Waals surface area contributed by atoms with Gasteiger partial charge < -0.3 is 30.2 Å². The molecule has 3 aromatic carbocycles. The van der Waals surface area contributed by atoms with E-state index in [0.717, 1.165) is 115 Å². The van der Waals surface area contributed by atoms with Gasteiger partial charge in [0, 0.05) is 92.9 Å². The molecule has 13 heteroatoms. The number of piperazine rings is 1. The molecule has 0 atom stereocenters. The number of hydrogen-bond donors (Lipinski definition) is 3. The number of halogens is 1. The van der Waals surface area contributed by atoms with Crippen molar-refractivity contribution in [3.63, 3.8) is 0 Å². The fourth-order valence-corrected chi connectivity index (χ4v) is 9.19. The van der Waals surface area contributed by atoms with Gasteiger partial charge in [-0.3, -0.25) is 9.58 Å². The summed E-state index contributed by atoms with van der Waals surface area (Å²) < 4.78 is 22.7. The Morgan fingerprint density at radius 2 is 1.73 bits per heavy atom. The third-order valence-electron chi connectivity index (χ3n) is 10.1. The summed E-state index contributed by atoms with van der Waals surface area (Å²) >= 11 is 3.65. The van der Waals surface area contributed by atoms with E-state index in [1.54, 1.807) is 6.20 Å². The van der Waals surface area contributed by atoms with E-state index in [2.05, 4.69) is 70.1 Å². The lowest BCUT2D eigenvalue weighted by molar-refractivity contribution is 0.150. The van der Waals surface area contributed by atoms with E-state index < -0.39 is 7.14 Å². The van der Waals surface area contributed by atoms with Gasteiger partial charge >= 0.3 is 0 Å². The van der Waals surface area contributed by atoms with Gasteiger partial charge in [0.25, 0.3) is 0 Å². The number of nitrogens with one attached hydrogen (secondary N) is 3. The maximum Gasteiger partial charge on any atom is 0.229 e. The van der Waals surface area contributed by atoms with Crippen LogP contribution in [0.1, 0.15) is 25.7 Å². The number of anilines is 5. The quantitative estimate of drug-likeness (QED) is 0.129. The number of rotatable bonds is 10. The SMILES string of the molecule is Cn1cc(-c2cc(Nc3ncc(Br)c(Nc4ccc5ccccc5c4P(C)(C)=O)n3)c(OC3CC3)cc2N2CCC(N3CCNCC3)CC2)cn1. The Morgan fingerprint density at radius 1 is 0.941 bits per heavy atom. The van der Waals surface area contributed by atoms with Gasteiger partial charge in [-0.05, 0) is 77.8 Å². The van der Waals surface area contributed by atoms with Crippen LogP contribution in [0.2, 0.25) is 0 Å². The normalized spacial score (nSPS) is 17.5. The number of benzene rings is 3. The highest BCUT2D eigenvalue weighted by Crippen LogP contribution is 2.44. The van der Waals surface area contributed by atoms with Crippen LogP contribution >= 0.6 is 23.1 Å². The zero-order chi connectivity index (χ0) is 35.1. The summed E-state index contributed by atoms with van der Waals surface area (Å²) in [6, 6.07) is 17.1. The van der Waals surface area contributed by atoms with E-state index >= 15 is 0 Å². The summed E-state index contributed by atoms with van der Waals surface area (Å²) in [5, 5.41) is 17.8. The van der Waals surface area contributed by atoms with Crippen molar-refractivity contribution >= 4 is 68.0 Å². The lowest BCUT2D eigenvalue weighted by Gasteiger charge is -2.41. The monoisotopic (exact) mass is 769 g/mol. The molecule has 4 heterocycles. The van der Waals surface area contributed by atoms with E-state index in [0.29, 0.717) is 22.3 Å². The molecule has 2 saturated heterocycles. The lowest BCUT2D eigenvalue weighted by Crippen LogP contribution is -2.52. The van der Waals surface area contributed by atoms with Gasteiger partial charge in [0.2, 0.25) is 5.95 Å². The molecule has 1 saturated carbocycles. The average Bonchev–Trinajstić information content (AvgIpc) is 3.85. The van der Waals surface area contributed by atoms with Crippen LogP contribution in [0.3, 0.4) is 0 Å². The molecule has 266 valence electrons. The van der Waals surface area contributed by atoms with Gasteiger partial charge in [0.15, 0.2) is 0 Å². The minimum absolute atomic E-state index is 0.203. The molecule has 3 aliphatic rings. The zero-order valence-electron chi connectivity index (χ0n) is 29.4. The molecular formula is C38H45BrN9O2P. The molecular weight excluding hydrogens is 725 g/mol. The first-order chi connectivity index (χ1) is 24.7. The number of nitrogens with zero attached hydrogens (tertiary/aromatic N) is 6. The van der Waals surface area contributed by atoms with Crippen LogP contribution in [0.25, 0.3) is 21.9 Å². The molecule has 3 fully saturated rings. The second-order valence-corrected chi connectivity index (χ2v) is 18.3. The fourth-order valence-electron chi connectivity index (χ4n) is 7.40. The van der Waals surface area contributed by atoms with Crippen molar-refractivity contribution in [3.8, 4) is 16.9 Å². The molecule has 1 aliphatic carbocycles. The molecule has 2 aliphatic heterocycles. The minimum atomic E-state index is -2.66. The van der Waals surface area contributed by atoms with Crippen LogP contribution in [-0.2, 0) is 11.6 Å². The van der Waals surface area contributed by atoms with Gasteiger partial charge in [-0.25, -0.2) is 4.98 Å². The van der Waals surface area contributed by atoms with Crippen molar-refractivity contribution < 1.29 is 9.30 Å². The zero-order valence-corrected chi connectivity index (χ0v) is 31.9. The van der Waals surface area contributed by atoms with E-state index in [4.69, 9.17) is 9.72 Å². The van der Waals surface area contributed by atoms with Crippen LogP contribution < -0.4 is 30.9 Å². The fraction of sp³-hybridized carbons (Fsp3) is 0.395. The summed E-state index contributed by atoms with van der Waals surface area (Å²) in [6.45, 7) is 9.99. The highest BCUT2D eigenvalue weighted by molar-refractivity contribution is 9.10. The second-order valence-electron chi connectivity index (χ2n) is 14.3. The van der Waals surface area contributed by atoms with Gasteiger partial charge in [-0.1, -0.05) is 30.3 Å². The van der Waals surface area contributed by atoms with Crippen LogP contribution in [0.5, 0.6) is 5.75 Å². The summed E-state index contributed by atoms with van der Waals surface area (Å²) in [6.07, 6.45) is 10.3. The molecule has 0 amide bonds. The van der Waals surface area contributed by atoms with Gasteiger partial charge in [-0.2, -0.15) is 10.1 Å². The van der Waals surface area contributed by atoms with Crippen LogP contribution in [0.15, 0.2) is 71.6 Å². The molecule has 8 rings (SSSR count). The molecule has 0 spiro atoms. The third kappa shape index (κ3) is 7.51. The molecule has 0 bridgehead atoms. The number of ether oxygens (including phenoxy) is 1. The lowest BCUT2D eigenvalue weighted by atomic mass is 9.98. The molecule has 51 heavy (non-hydrogen) atoms. The highest BCUT2D eigenvalue weighted by Gasteiger charge is 2.30. The predicted molar refractivity (Wildman–Crippen MR) is 211 cm³/mol. The van der Waals surface area contributed by atoms with Crippen LogP contribution in [0.4, 0.5) is 28.8 Å². The second kappa shape index (κ2) is 14.2. The molecule has 0 radical (unpaired) electrons. The van der Waals surface area contributed by atoms with Gasteiger partial charge in [0.1, 0.15) is 18.7 Å². The van der Waals surface area contributed by atoms with Crippen molar-refractivity contribution in [2.45, 2.75) is 37.8 Å². The number of fused-ring (bicyclic) bond motifs is 1. The Labute approximate surface area is 307 Å². The van der Waals surface area contributed by atoms with Gasteiger partial charge in [0.05, 0.1) is 28.1 Å². The predicted octanol–water partition coefficient (Wildman–Crippen LogP) is 6.94. The summed E-state index contributed by atoms with van der Waals surface area (Å²) in [4.78, 5) is 14.7. The summed E-state index contributed by atoms with van der Waals surface area (Å²) in [5.74, 6) is 1.78. The van der Waals surface area contributed by atoms with E-state index in [1.807, 2.05) is 67.7 Å². The van der Waals surface area contributed by atoms with Crippen molar-refractivity contribution in [3.05, 3.63) is 71.6 Å². The average molecular weight is 771 g/mol. The van der Waals surface area contributed by atoms with E-state index in [9.17, 15) is 4.57 Å². The Hall–Kier alpha value is -3.96. The first-order valence-electron chi connectivity index (χ1n) is 17.9. The molecule has 0 unspecified atom stereocenters. The Kier molecular flexibility index (Phi) is 9.52. The largest absolute Gasteiger partial charge is 0.488 e. The number of hydrogen-bond acceptors (Lipinski definition) is 10. The molecule has 2 aromatic heterocycles. The number of aryl methyl sites for hydroxylation is 1. The number of piperidine rings is 1. The van der Waals surface area contributed by atoms with Gasteiger partial charge in [-0.15, -0.1) is 0 Å². The molecule has 5 aromatic rings. The van der Waals surface area contributed by atoms with Crippen molar-refractivity contribution in [1.82, 2.24) is 30.0 Å². The van der Waals surface area contributed by atoms with Crippen LogP contribution in [-0.4, -0.2) is 89.4 Å². The standard InChI is InChI=1S/C38H45BrN9O2P/c1-46-24-26(22-42-46)30-20-33(35(50-28-9-10-28)21-34(30)48-16-12-27(13-17-48)47-18-14-40-15-19-47)44-38-41-23-31(39)37(45-38)43-32-11-8-25-6-4-5-7-29(25)36(32)51(2,3)49/h4-8,11,20-24,27-28,40H,9-10,12-19H2,1-3H3,(H2,41,43,44,45).